The number of hydrogen-bond acceptors (Lipinski definition) is 4. The molecule has 0 spiro atoms. The average Bonchev–Trinajstić information content (AvgIpc) is 2.26. The van der Waals surface area contributed by atoms with Gasteiger partial charge in [-0.15, -0.1) is 0 Å². The first-order chi connectivity index (χ1) is 7.31. The minimum Gasteiger partial charge on any atom is -0.486 e. The maximum absolute atomic E-state index is 6.07. The summed E-state index contributed by atoms with van der Waals surface area (Å²) in [5.74, 6) is 6.40. The van der Waals surface area contributed by atoms with Crippen LogP contribution < -0.4 is 15.4 Å². The van der Waals surface area contributed by atoms with Gasteiger partial charge in [0.15, 0.2) is 11.5 Å². The van der Waals surface area contributed by atoms with E-state index in [2.05, 4.69) is 4.84 Å². The normalized spacial score (nSPS) is 14.0. The zero-order chi connectivity index (χ0) is 10.7. The second-order valence-electron chi connectivity index (χ2n) is 3.21. The van der Waals surface area contributed by atoms with Crippen molar-refractivity contribution in [2.75, 3.05) is 19.8 Å². The summed E-state index contributed by atoms with van der Waals surface area (Å²) in [7, 11) is 0. The first-order valence-corrected chi connectivity index (χ1v) is 5.09. The van der Waals surface area contributed by atoms with Crippen molar-refractivity contribution in [2.45, 2.75) is 6.42 Å². The molecule has 1 heterocycles. The van der Waals surface area contributed by atoms with Gasteiger partial charge in [0.2, 0.25) is 0 Å². The molecule has 1 aliphatic heterocycles. The van der Waals surface area contributed by atoms with E-state index in [9.17, 15) is 0 Å². The molecule has 1 aliphatic rings. The van der Waals surface area contributed by atoms with E-state index < -0.39 is 0 Å². The number of nitrogens with two attached hydrogens (primary N) is 1. The second-order valence-corrected chi connectivity index (χ2v) is 3.62. The molecule has 15 heavy (non-hydrogen) atoms. The van der Waals surface area contributed by atoms with Gasteiger partial charge in [0.05, 0.1) is 6.61 Å². The van der Waals surface area contributed by atoms with Crippen molar-refractivity contribution in [3.63, 3.8) is 0 Å². The van der Waals surface area contributed by atoms with Gasteiger partial charge in [0, 0.05) is 11.1 Å². The molecule has 0 amide bonds. The topological polar surface area (TPSA) is 53.7 Å². The average molecular weight is 230 g/mol. The third-order valence-corrected chi connectivity index (χ3v) is 2.55. The van der Waals surface area contributed by atoms with E-state index in [1.54, 1.807) is 6.07 Å². The lowest BCUT2D eigenvalue weighted by Gasteiger charge is -2.19. The first kappa shape index (κ1) is 10.5. The lowest BCUT2D eigenvalue weighted by atomic mass is 10.1. The van der Waals surface area contributed by atoms with Crippen LogP contribution in [0.2, 0.25) is 5.02 Å². The molecular weight excluding hydrogens is 218 g/mol. The standard InChI is InChI=1S/C10H12ClNO3/c11-8-6-10-9(13-3-4-14-10)5-7(8)1-2-15-12/h5-6H,1-4,12H2. The summed E-state index contributed by atoms with van der Waals surface area (Å²) < 4.78 is 10.8. The lowest BCUT2D eigenvalue weighted by molar-refractivity contribution is 0.141. The summed E-state index contributed by atoms with van der Waals surface area (Å²) in [4.78, 5) is 4.51. The number of halogens is 1. The molecule has 1 aromatic carbocycles. The summed E-state index contributed by atoms with van der Waals surface area (Å²) in [6.45, 7) is 1.56. The van der Waals surface area contributed by atoms with E-state index in [1.807, 2.05) is 6.07 Å². The van der Waals surface area contributed by atoms with Crippen molar-refractivity contribution in [3.05, 3.63) is 22.7 Å². The number of ether oxygens (including phenoxy) is 2. The molecule has 2 rings (SSSR count). The predicted octanol–water partition coefficient (Wildman–Crippen LogP) is 1.54. The SMILES string of the molecule is NOCCc1cc2c(cc1Cl)OCCO2. The Morgan fingerprint density at radius 1 is 1.27 bits per heavy atom. The molecule has 0 saturated carbocycles. The third-order valence-electron chi connectivity index (χ3n) is 2.20. The van der Waals surface area contributed by atoms with Crippen molar-refractivity contribution < 1.29 is 14.3 Å². The maximum Gasteiger partial charge on any atom is 0.162 e. The Balaban J connectivity index is 2.24. The molecule has 0 aliphatic carbocycles. The van der Waals surface area contributed by atoms with E-state index in [0.717, 1.165) is 11.3 Å². The molecule has 0 aromatic heterocycles. The summed E-state index contributed by atoms with van der Waals surface area (Å²) >= 11 is 6.07. The highest BCUT2D eigenvalue weighted by Gasteiger charge is 2.14. The highest BCUT2D eigenvalue weighted by Crippen LogP contribution is 2.35. The van der Waals surface area contributed by atoms with Gasteiger partial charge >= 0.3 is 0 Å². The lowest BCUT2D eigenvalue weighted by Crippen LogP contribution is -2.15. The fraction of sp³-hybridized carbons (Fsp3) is 0.400. The molecule has 82 valence electrons. The van der Waals surface area contributed by atoms with Crippen molar-refractivity contribution >= 4 is 11.6 Å². The Morgan fingerprint density at radius 2 is 1.93 bits per heavy atom. The van der Waals surface area contributed by atoms with Gasteiger partial charge in [-0.3, -0.25) is 0 Å². The number of fused-ring (bicyclic) bond motifs is 1. The maximum atomic E-state index is 6.07. The summed E-state index contributed by atoms with van der Waals surface area (Å²) in [5.41, 5.74) is 0.950. The minimum atomic E-state index is 0.430. The fourth-order valence-corrected chi connectivity index (χ4v) is 1.71. The Morgan fingerprint density at radius 3 is 2.60 bits per heavy atom. The van der Waals surface area contributed by atoms with Crippen LogP contribution >= 0.6 is 11.6 Å². The molecule has 0 atom stereocenters. The van der Waals surface area contributed by atoms with Gasteiger partial charge in [0.25, 0.3) is 0 Å². The van der Waals surface area contributed by atoms with Gasteiger partial charge in [-0.1, -0.05) is 11.6 Å². The van der Waals surface area contributed by atoms with Gasteiger partial charge in [0.1, 0.15) is 13.2 Å². The molecule has 5 heteroatoms. The molecule has 2 N–H and O–H groups in total. The van der Waals surface area contributed by atoms with Crippen LogP contribution in [-0.4, -0.2) is 19.8 Å². The first-order valence-electron chi connectivity index (χ1n) is 4.71. The van der Waals surface area contributed by atoms with Gasteiger partial charge < -0.3 is 14.3 Å². The molecule has 0 radical (unpaired) electrons. The zero-order valence-corrected chi connectivity index (χ0v) is 8.92. The minimum absolute atomic E-state index is 0.430. The Hall–Kier alpha value is -0.970. The largest absolute Gasteiger partial charge is 0.486 e. The molecule has 4 nitrogen and oxygen atoms in total. The number of hydrogen-bond donors (Lipinski definition) is 1. The Kier molecular flexibility index (Phi) is 3.30. The molecule has 0 saturated heterocycles. The monoisotopic (exact) mass is 229 g/mol. The van der Waals surface area contributed by atoms with Crippen LogP contribution in [-0.2, 0) is 11.3 Å². The Bertz CT molecular complexity index is 357. The Labute approximate surface area is 92.8 Å². The molecule has 0 unspecified atom stereocenters. The van der Waals surface area contributed by atoms with Gasteiger partial charge in [-0.05, 0) is 18.1 Å². The summed E-state index contributed by atoms with van der Waals surface area (Å²) in [6, 6.07) is 3.64. The van der Waals surface area contributed by atoms with E-state index in [0.29, 0.717) is 37.0 Å². The van der Waals surface area contributed by atoms with E-state index in [-0.39, 0.29) is 0 Å². The van der Waals surface area contributed by atoms with Crippen LogP contribution in [0.4, 0.5) is 0 Å². The van der Waals surface area contributed by atoms with Crippen molar-refractivity contribution in [3.8, 4) is 11.5 Å². The highest BCUT2D eigenvalue weighted by molar-refractivity contribution is 6.31. The number of benzene rings is 1. The van der Waals surface area contributed by atoms with Crippen molar-refractivity contribution in [2.24, 2.45) is 5.90 Å². The fourth-order valence-electron chi connectivity index (χ4n) is 1.47. The molecule has 0 bridgehead atoms. The number of rotatable bonds is 3. The van der Waals surface area contributed by atoms with Gasteiger partial charge in [-0.2, -0.15) is 0 Å². The molecule has 1 aromatic rings. The quantitative estimate of drug-likeness (QED) is 0.799. The van der Waals surface area contributed by atoms with Gasteiger partial charge in [-0.25, -0.2) is 5.90 Å². The van der Waals surface area contributed by atoms with Crippen LogP contribution in [0.5, 0.6) is 11.5 Å². The summed E-state index contributed by atoms with van der Waals surface area (Å²) in [5, 5.41) is 0.649. The van der Waals surface area contributed by atoms with Crippen molar-refractivity contribution in [1.29, 1.82) is 0 Å². The van der Waals surface area contributed by atoms with Crippen LogP contribution in [0.25, 0.3) is 0 Å². The summed E-state index contributed by atoms with van der Waals surface area (Å²) in [6.07, 6.45) is 0.659. The smallest absolute Gasteiger partial charge is 0.162 e. The van der Waals surface area contributed by atoms with Crippen molar-refractivity contribution in [1.82, 2.24) is 0 Å². The van der Waals surface area contributed by atoms with E-state index >= 15 is 0 Å². The predicted molar refractivity (Wildman–Crippen MR) is 56.3 cm³/mol. The van der Waals surface area contributed by atoms with E-state index in [4.69, 9.17) is 27.0 Å². The van der Waals surface area contributed by atoms with Crippen LogP contribution in [0.1, 0.15) is 5.56 Å². The highest BCUT2D eigenvalue weighted by atomic mass is 35.5. The third kappa shape index (κ3) is 2.34. The van der Waals surface area contributed by atoms with Crippen LogP contribution in [0.3, 0.4) is 0 Å². The molecular formula is C10H12ClNO3. The van der Waals surface area contributed by atoms with Crippen LogP contribution in [0, 0.1) is 0 Å². The molecule has 0 fully saturated rings. The van der Waals surface area contributed by atoms with E-state index in [1.165, 1.54) is 0 Å². The zero-order valence-electron chi connectivity index (χ0n) is 8.16. The second kappa shape index (κ2) is 4.70. The van der Waals surface area contributed by atoms with Crippen LogP contribution in [0.15, 0.2) is 12.1 Å².